The first kappa shape index (κ1) is 22.3. The molecule has 0 radical (unpaired) electrons. The molecule has 1 fully saturated rings. The molecule has 1 N–H and O–H groups in total. The number of rotatable bonds is 5. The van der Waals surface area contributed by atoms with Gasteiger partial charge in [0.05, 0.1) is 18.6 Å². The summed E-state index contributed by atoms with van der Waals surface area (Å²) in [6.45, 7) is 0.876. The number of nitrogens with zero attached hydrogens (tertiary/aromatic N) is 4. The summed E-state index contributed by atoms with van der Waals surface area (Å²) >= 11 is 0. The Morgan fingerprint density at radius 2 is 1.79 bits per heavy atom. The molecule has 1 saturated heterocycles. The molecule has 2 aliphatic rings. The Morgan fingerprint density at radius 1 is 1.03 bits per heavy atom. The highest BCUT2D eigenvalue weighted by atomic mass is 19.3. The third kappa shape index (κ3) is 4.46. The van der Waals surface area contributed by atoms with E-state index in [4.69, 9.17) is 4.74 Å². The van der Waals surface area contributed by atoms with Gasteiger partial charge in [-0.1, -0.05) is 6.08 Å². The number of hydrogen-bond donors (Lipinski definition) is 1. The van der Waals surface area contributed by atoms with Crippen LogP contribution < -0.4 is 9.64 Å². The van der Waals surface area contributed by atoms with Gasteiger partial charge in [0.25, 0.3) is 5.92 Å². The second-order valence-electron chi connectivity index (χ2n) is 8.44. The van der Waals surface area contributed by atoms with Crippen molar-refractivity contribution in [2.45, 2.75) is 37.5 Å². The quantitative estimate of drug-likeness (QED) is 0.383. The Labute approximate surface area is 191 Å². The lowest BCUT2D eigenvalue weighted by atomic mass is 9.94. The van der Waals surface area contributed by atoms with Crippen LogP contribution in [0.5, 0.6) is 11.5 Å². The van der Waals surface area contributed by atoms with E-state index in [1.54, 1.807) is 0 Å². The predicted octanol–water partition coefficient (Wildman–Crippen LogP) is 5.61. The van der Waals surface area contributed by atoms with Crippen LogP contribution in [0, 0.1) is 17.5 Å². The zero-order valence-corrected chi connectivity index (χ0v) is 17.9. The van der Waals surface area contributed by atoms with Crippen LogP contribution in [0.2, 0.25) is 0 Å². The topological polar surface area (TPSA) is 66.9 Å². The minimum atomic E-state index is -2.70. The van der Waals surface area contributed by atoms with E-state index in [0.717, 1.165) is 6.07 Å². The van der Waals surface area contributed by atoms with E-state index >= 15 is 0 Å². The molecule has 1 aromatic carbocycles. The van der Waals surface area contributed by atoms with E-state index < -0.39 is 23.4 Å². The Bertz CT molecular complexity index is 1230. The average Bonchev–Trinajstić information content (AvgIpc) is 3.47. The summed E-state index contributed by atoms with van der Waals surface area (Å²) in [5, 5.41) is 6.75. The molecular formula is C23H20F5N5O. The SMILES string of the molecule is Fc1cc(F)c(C2CCN(c3ncc(Oc4cn[nH]c4C4=CCC(F)(F)CC4)cn3)C2)cc1F. The van der Waals surface area contributed by atoms with Crippen LogP contribution in [-0.2, 0) is 0 Å². The number of H-pyrrole nitrogens is 1. The fraction of sp³-hybridized carbons (Fsp3) is 0.348. The summed E-state index contributed by atoms with van der Waals surface area (Å²) in [5.41, 5.74) is 1.38. The van der Waals surface area contributed by atoms with E-state index in [1.165, 1.54) is 24.7 Å². The zero-order valence-electron chi connectivity index (χ0n) is 17.9. The molecule has 6 nitrogen and oxygen atoms in total. The first-order valence-corrected chi connectivity index (χ1v) is 10.8. The van der Waals surface area contributed by atoms with Gasteiger partial charge in [0.15, 0.2) is 23.1 Å². The van der Waals surface area contributed by atoms with Gasteiger partial charge in [0.2, 0.25) is 5.95 Å². The van der Waals surface area contributed by atoms with Gasteiger partial charge in [-0.25, -0.2) is 31.9 Å². The zero-order chi connectivity index (χ0) is 23.9. The summed E-state index contributed by atoms with van der Waals surface area (Å²) in [4.78, 5) is 10.4. The molecule has 178 valence electrons. The standard InChI is InChI=1S/C23H20F5N5O/c24-17-8-19(26)18(25)7-16(17)14-3-6-33(12-14)22-29-9-15(10-30-22)34-20-11-31-32-21(20)13-1-4-23(27,28)5-2-13/h1,7-11,14H,2-6,12H2,(H,31,32). The van der Waals surface area contributed by atoms with Crippen LogP contribution in [0.15, 0.2) is 36.8 Å². The second kappa shape index (κ2) is 8.69. The van der Waals surface area contributed by atoms with Crippen LogP contribution in [-0.4, -0.2) is 39.2 Å². The number of halogens is 5. The van der Waals surface area contributed by atoms with Crippen molar-refractivity contribution in [1.29, 1.82) is 0 Å². The van der Waals surface area contributed by atoms with Crippen molar-refractivity contribution < 1.29 is 26.7 Å². The Morgan fingerprint density at radius 3 is 2.53 bits per heavy atom. The molecule has 1 aliphatic heterocycles. The largest absolute Gasteiger partial charge is 0.450 e. The molecule has 1 atom stereocenters. The molecular weight excluding hydrogens is 457 g/mol. The summed E-state index contributed by atoms with van der Waals surface area (Å²) in [6, 6.07) is 1.47. The van der Waals surface area contributed by atoms with Gasteiger partial charge in [-0.3, -0.25) is 5.10 Å². The maximum atomic E-state index is 14.1. The third-order valence-electron chi connectivity index (χ3n) is 6.13. The number of ether oxygens (including phenoxy) is 1. The smallest absolute Gasteiger partial charge is 0.251 e. The number of aromatic amines is 1. The molecule has 0 bridgehead atoms. The van der Waals surface area contributed by atoms with Gasteiger partial charge in [0.1, 0.15) is 11.5 Å². The lowest BCUT2D eigenvalue weighted by Crippen LogP contribution is -2.21. The minimum absolute atomic E-state index is 0.128. The summed E-state index contributed by atoms with van der Waals surface area (Å²) in [5.74, 6) is -4.99. The van der Waals surface area contributed by atoms with Crippen molar-refractivity contribution >= 4 is 11.5 Å². The van der Waals surface area contributed by atoms with Gasteiger partial charge < -0.3 is 9.64 Å². The van der Waals surface area contributed by atoms with E-state index in [9.17, 15) is 22.0 Å². The highest BCUT2D eigenvalue weighted by Crippen LogP contribution is 2.39. The number of aromatic nitrogens is 4. The van der Waals surface area contributed by atoms with E-state index in [0.29, 0.717) is 54.3 Å². The van der Waals surface area contributed by atoms with Crippen molar-refractivity contribution in [3.8, 4) is 11.5 Å². The molecule has 0 amide bonds. The fourth-order valence-corrected chi connectivity index (χ4v) is 4.30. The molecule has 1 aliphatic carbocycles. The Hall–Kier alpha value is -3.50. The van der Waals surface area contributed by atoms with Crippen molar-refractivity contribution in [2.75, 3.05) is 18.0 Å². The van der Waals surface area contributed by atoms with Crippen molar-refractivity contribution in [3.63, 3.8) is 0 Å². The van der Waals surface area contributed by atoms with Gasteiger partial charge in [-0.15, -0.1) is 0 Å². The minimum Gasteiger partial charge on any atom is -0.450 e. The van der Waals surface area contributed by atoms with E-state index in [2.05, 4.69) is 20.2 Å². The average molecular weight is 477 g/mol. The molecule has 3 aromatic rings. The fourth-order valence-electron chi connectivity index (χ4n) is 4.30. The number of anilines is 1. The highest BCUT2D eigenvalue weighted by molar-refractivity contribution is 5.68. The molecule has 11 heteroatoms. The van der Waals surface area contributed by atoms with Gasteiger partial charge >= 0.3 is 0 Å². The molecule has 0 saturated carbocycles. The number of allylic oxidation sites excluding steroid dienone is 2. The van der Waals surface area contributed by atoms with Crippen LogP contribution in [0.3, 0.4) is 0 Å². The van der Waals surface area contributed by atoms with Gasteiger partial charge in [0, 0.05) is 37.9 Å². The van der Waals surface area contributed by atoms with E-state index in [1.807, 2.05) is 4.90 Å². The highest BCUT2D eigenvalue weighted by Gasteiger charge is 2.32. The lowest BCUT2D eigenvalue weighted by molar-refractivity contribution is -0.00607. The van der Waals surface area contributed by atoms with Gasteiger partial charge in [-0.2, -0.15) is 5.10 Å². The number of benzene rings is 1. The second-order valence-corrected chi connectivity index (χ2v) is 8.44. The van der Waals surface area contributed by atoms with Crippen LogP contribution in [0.25, 0.3) is 5.57 Å². The Balaban J connectivity index is 1.26. The first-order chi connectivity index (χ1) is 16.3. The molecule has 34 heavy (non-hydrogen) atoms. The summed E-state index contributed by atoms with van der Waals surface area (Å²) < 4.78 is 73.6. The molecule has 3 heterocycles. The maximum absolute atomic E-state index is 14.1. The summed E-state index contributed by atoms with van der Waals surface area (Å²) in [6.07, 6.45) is 6.05. The first-order valence-electron chi connectivity index (χ1n) is 10.8. The monoisotopic (exact) mass is 477 g/mol. The van der Waals surface area contributed by atoms with Crippen molar-refractivity contribution in [3.05, 3.63) is 65.5 Å². The lowest BCUT2D eigenvalue weighted by Gasteiger charge is -2.21. The number of nitrogens with one attached hydrogen (secondary N) is 1. The normalized spacial score (nSPS) is 19.9. The molecule has 1 unspecified atom stereocenters. The van der Waals surface area contributed by atoms with Crippen molar-refractivity contribution in [1.82, 2.24) is 20.2 Å². The predicted molar refractivity (Wildman–Crippen MR) is 113 cm³/mol. The molecule has 5 rings (SSSR count). The van der Waals surface area contributed by atoms with Crippen LogP contribution in [0.4, 0.5) is 27.9 Å². The molecule has 0 spiro atoms. The van der Waals surface area contributed by atoms with Gasteiger partial charge in [-0.05, 0) is 30.0 Å². The van der Waals surface area contributed by atoms with Crippen LogP contribution in [0.1, 0.15) is 42.9 Å². The third-order valence-corrected chi connectivity index (χ3v) is 6.13. The van der Waals surface area contributed by atoms with Crippen LogP contribution >= 0.6 is 0 Å². The molecule has 2 aromatic heterocycles. The number of alkyl halides is 2. The number of hydrogen-bond acceptors (Lipinski definition) is 5. The summed E-state index contributed by atoms with van der Waals surface area (Å²) in [7, 11) is 0. The van der Waals surface area contributed by atoms with E-state index in [-0.39, 0.29) is 30.7 Å². The maximum Gasteiger partial charge on any atom is 0.251 e. The Kier molecular flexibility index (Phi) is 5.70. The van der Waals surface area contributed by atoms with Crippen molar-refractivity contribution in [2.24, 2.45) is 0 Å².